The van der Waals surface area contributed by atoms with Crippen LogP contribution in [0.4, 0.5) is 24.5 Å². The summed E-state index contributed by atoms with van der Waals surface area (Å²) in [6.45, 7) is 1.41. The molecule has 3 N–H and O–H groups in total. The Morgan fingerprint density at radius 2 is 2.10 bits per heavy atom. The molecule has 1 aromatic rings. The Morgan fingerprint density at radius 1 is 1.40 bits per heavy atom. The maximum absolute atomic E-state index is 11.9. The third kappa shape index (κ3) is 6.42. The monoisotopic (exact) mass is 290 g/mol. The lowest BCUT2D eigenvalue weighted by Crippen LogP contribution is -2.19. The molecule has 112 valence electrons. The van der Waals surface area contributed by atoms with Crippen molar-refractivity contribution in [1.82, 2.24) is 0 Å². The van der Waals surface area contributed by atoms with Gasteiger partial charge in [0, 0.05) is 24.4 Å². The second-order valence-electron chi connectivity index (χ2n) is 4.39. The topological polar surface area (TPSA) is 64.3 Å². The van der Waals surface area contributed by atoms with Gasteiger partial charge in [-0.05, 0) is 37.1 Å². The summed E-state index contributed by atoms with van der Waals surface area (Å²) in [7, 11) is 0. The van der Waals surface area contributed by atoms with Gasteiger partial charge in [0.15, 0.2) is 0 Å². The highest BCUT2D eigenvalue weighted by Gasteiger charge is 2.25. The van der Waals surface area contributed by atoms with Gasteiger partial charge in [-0.25, -0.2) is 0 Å². The summed E-state index contributed by atoms with van der Waals surface area (Å²) in [6, 6.07) is 5.01. The van der Waals surface area contributed by atoms with Gasteiger partial charge in [0.05, 0.1) is 0 Å². The van der Waals surface area contributed by atoms with Crippen molar-refractivity contribution in [2.75, 3.05) is 24.3 Å². The van der Waals surface area contributed by atoms with Gasteiger partial charge in [-0.2, -0.15) is 13.2 Å². The summed E-state index contributed by atoms with van der Waals surface area (Å²) in [5, 5.41) is 2.60. The normalized spacial score (nSPS) is 11.4. The predicted molar refractivity (Wildman–Crippen MR) is 70.3 cm³/mol. The lowest BCUT2D eigenvalue weighted by molar-refractivity contribution is -0.138. The zero-order chi connectivity index (χ0) is 15.2. The first-order valence-corrected chi connectivity index (χ1v) is 6.08. The molecule has 20 heavy (non-hydrogen) atoms. The molecule has 0 unspecified atom stereocenters. The molecular weight excluding hydrogens is 273 g/mol. The highest BCUT2D eigenvalue weighted by atomic mass is 19.4. The second-order valence-corrected chi connectivity index (χ2v) is 4.39. The lowest BCUT2D eigenvalue weighted by Gasteiger charge is -2.10. The van der Waals surface area contributed by atoms with Crippen LogP contribution in [0.25, 0.3) is 0 Å². The Balaban J connectivity index is 2.27. The average molecular weight is 290 g/mol. The molecule has 0 radical (unpaired) electrons. The van der Waals surface area contributed by atoms with E-state index < -0.39 is 18.5 Å². The van der Waals surface area contributed by atoms with Gasteiger partial charge in [-0.3, -0.25) is 4.79 Å². The van der Waals surface area contributed by atoms with Crippen molar-refractivity contribution in [2.45, 2.75) is 25.9 Å². The fraction of sp³-hybridized carbons (Fsp3) is 0.462. The van der Waals surface area contributed by atoms with Gasteiger partial charge in [0.2, 0.25) is 5.91 Å². The number of carbonyl (C=O) groups excluding carboxylic acids is 1. The van der Waals surface area contributed by atoms with Crippen molar-refractivity contribution in [3.63, 3.8) is 0 Å². The SMILES string of the molecule is Cc1cc(N)ccc1NC(=O)COCCCC(F)(F)F. The largest absolute Gasteiger partial charge is 0.399 e. The zero-order valence-corrected chi connectivity index (χ0v) is 11.1. The number of amides is 1. The number of alkyl halides is 3. The Hall–Kier alpha value is -1.76. The standard InChI is InChI=1S/C13H17F3N2O2/c1-9-7-10(17)3-4-11(9)18-12(19)8-20-6-2-5-13(14,15)16/h3-4,7H,2,5-6,8,17H2,1H3,(H,18,19). The van der Waals surface area contributed by atoms with Crippen LogP contribution in [0, 0.1) is 6.92 Å². The van der Waals surface area contributed by atoms with E-state index in [1.807, 2.05) is 0 Å². The van der Waals surface area contributed by atoms with E-state index >= 15 is 0 Å². The predicted octanol–water partition coefficient (Wildman–Crippen LogP) is 2.87. The molecular formula is C13H17F3N2O2. The van der Waals surface area contributed by atoms with Crippen LogP contribution in [0.2, 0.25) is 0 Å². The lowest BCUT2D eigenvalue weighted by atomic mass is 10.2. The fourth-order valence-electron chi connectivity index (χ4n) is 1.55. The van der Waals surface area contributed by atoms with E-state index in [1.165, 1.54) is 0 Å². The van der Waals surface area contributed by atoms with E-state index in [0.29, 0.717) is 11.4 Å². The first kappa shape index (κ1) is 16.3. The average Bonchev–Trinajstić information content (AvgIpc) is 2.31. The van der Waals surface area contributed by atoms with Gasteiger partial charge >= 0.3 is 6.18 Å². The van der Waals surface area contributed by atoms with E-state index in [0.717, 1.165) is 5.56 Å². The number of hydrogen-bond donors (Lipinski definition) is 2. The van der Waals surface area contributed by atoms with Crippen molar-refractivity contribution in [3.8, 4) is 0 Å². The highest BCUT2D eigenvalue weighted by molar-refractivity contribution is 5.92. The number of benzene rings is 1. The molecule has 0 spiro atoms. The Labute approximate surface area is 115 Å². The zero-order valence-electron chi connectivity index (χ0n) is 11.1. The van der Waals surface area contributed by atoms with E-state index in [9.17, 15) is 18.0 Å². The van der Waals surface area contributed by atoms with Crippen molar-refractivity contribution >= 4 is 17.3 Å². The number of ether oxygens (including phenoxy) is 1. The van der Waals surface area contributed by atoms with E-state index in [1.54, 1.807) is 25.1 Å². The third-order valence-corrected chi connectivity index (χ3v) is 2.51. The Bertz CT molecular complexity index is 461. The van der Waals surface area contributed by atoms with Crippen LogP contribution in [0.5, 0.6) is 0 Å². The number of nitrogens with two attached hydrogens (primary N) is 1. The Kier molecular flexibility index (Phi) is 5.82. The van der Waals surface area contributed by atoms with Crippen molar-refractivity contribution in [3.05, 3.63) is 23.8 Å². The van der Waals surface area contributed by atoms with Gasteiger partial charge in [0.1, 0.15) is 6.61 Å². The minimum absolute atomic E-state index is 0.104. The van der Waals surface area contributed by atoms with E-state index in [4.69, 9.17) is 10.5 Å². The van der Waals surface area contributed by atoms with Gasteiger partial charge in [-0.15, -0.1) is 0 Å². The van der Waals surface area contributed by atoms with Crippen LogP contribution >= 0.6 is 0 Å². The van der Waals surface area contributed by atoms with Crippen molar-refractivity contribution in [2.24, 2.45) is 0 Å². The summed E-state index contributed by atoms with van der Waals surface area (Å²) in [5.74, 6) is -0.412. The number of rotatable bonds is 6. The molecule has 1 amide bonds. The van der Waals surface area contributed by atoms with Crippen LogP contribution in [0.3, 0.4) is 0 Å². The number of aryl methyl sites for hydroxylation is 1. The molecule has 1 aromatic carbocycles. The molecule has 7 heteroatoms. The minimum Gasteiger partial charge on any atom is -0.399 e. The van der Waals surface area contributed by atoms with Crippen molar-refractivity contribution < 1.29 is 22.7 Å². The van der Waals surface area contributed by atoms with Gasteiger partial charge < -0.3 is 15.8 Å². The molecule has 0 heterocycles. The molecule has 0 aliphatic rings. The molecule has 0 saturated heterocycles. The quantitative estimate of drug-likeness (QED) is 0.625. The van der Waals surface area contributed by atoms with E-state index in [-0.39, 0.29) is 19.6 Å². The molecule has 0 aliphatic heterocycles. The van der Waals surface area contributed by atoms with Gasteiger partial charge in [0.25, 0.3) is 0 Å². The smallest absolute Gasteiger partial charge is 0.389 e. The molecule has 0 aliphatic carbocycles. The molecule has 0 fully saturated rings. The summed E-state index contributed by atoms with van der Waals surface area (Å²) in [5.41, 5.74) is 7.57. The maximum atomic E-state index is 11.9. The fourth-order valence-corrected chi connectivity index (χ4v) is 1.55. The number of carbonyl (C=O) groups is 1. The number of halogens is 3. The second kappa shape index (κ2) is 7.14. The molecule has 1 rings (SSSR count). The highest BCUT2D eigenvalue weighted by Crippen LogP contribution is 2.21. The van der Waals surface area contributed by atoms with E-state index in [2.05, 4.69) is 5.32 Å². The summed E-state index contributed by atoms with van der Waals surface area (Å²) in [4.78, 5) is 11.5. The number of hydrogen-bond acceptors (Lipinski definition) is 3. The van der Waals surface area contributed by atoms with Gasteiger partial charge in [-0.1, -0.05) is 0 Å². The molecule has 0 atom stereocenters. The number of nitrogen functional groups attached to an aromatic ring is 1. The Morgan fingerprint density at radius 3 is 2.70 bits per heavy atom. The first-order valence-electron chi connectivity index (χ1n) is 6.08. The molecule has 4 nitrogen and oxygen atoms in total. The van der Waals surface area contributed by atoms with Crippen LogP contribution in [0.1, 0.15) is 18.4 Å². The molecule has 0 aromatic heterocycles. The third-order valence-electron chi connectivity index (χ3n) is 2.51. The summed E-state index contributed by atoms with van der Waals surface area (Å²) >= 11 is 0. The van der Waals surface area contributed by atoms with Crippen LogP contribution in [-0.4, -0.2) is 25.3 Å². The summed E-state index contributed by atoms with van der Waals surface area (Å²) < 4.78 is 40.5. The first-order chi connectivity index (χ1) is 9.28. The molecule has 0 bridgehead atoms. The summed E-state index contributed by atoms with van der Waals surface area (Å²) in [6.07, 6.45) is -5.25. The minimum atomic E-state index is -4.19. The maximum Gasteiger partial charge on any atom is 0.389 e. The molecule has 0 saturated carbocycles. The van der Waals surface area contributed by atoms with Crippen LogP contribution in [-0.2, 0) is 9.53 Å². The number of anilines is 2. The number of nitrogens with one attached hydrogen (secondary N) is 1. The van der Waals surface area contributed by atoms with Crippen LogP contribution in [0.15, 0.2) is 18.2 Å². The van der Waals surface area contributed by atoms with Crippen LogP contribution < -0.4 is 11.1 Å². The van der Waals surface area contributed by atoms with Crippen molar-refractivity contribution in [1.29, 1.82) is 0 Å².